The van der Waals surface area contributed by atoms with Gasteiger partial charge in [0.1, 0.15) is 5.82 Å². The molecular formula is C13H17N3O2. The highest BCUT2D eigenvalue weighted by atomic mass is 16.2. The van der Waals surface area contributed by atoms with Crippen LogP contribution in [0.1, 0.15) is 33.1 Å². The van der Waals surface area contributed by atoms with Crippen LogP contribution in [-0.2, 0) is 9.59 Å². The van der Waals surface area contributed by atoms with Crippen LogP contribution in [0.4, 0.5) is 11.5 Å². The zero-order valence-electron chi connectivity index (χ0n) is 10.6. The van der Waals surface area contributed by atoms with E-state index in [2.05, 4.69) is 4.98 Å². The summed E-state index contributed by atoms with van der Waals surface area (Å²) in [5, 5.41) is 0. The van der Waals surface area contributed by atoms with Gasteiger partial charge in [-0.2, -0.15) is 0 Å². The molecule has 0 bridgehead atoms. The van der Waals surface area contributed by atoms with Crippen LogP contribution in [0.2, 0.25) is 0 Å². The fourth-order valence-corrected chi connectivity index (χ4v) is 2.36. The molecule has 1 aromatic heterocycles. The first-order chi connectivity index (χ1) is 8.54. The molecule has 2 rings (SSSR count). The molecule has 0 aromatic carbocycles. The number of anilines is 2. The number of carbonyl (C=O) groups excluding carboxylic acids is 2. The van der Waals surface area contributed by atoms with E-state index < -0.39 is 5.41 Å². The van der Waals surface area contributed by atoms with E-state index in [1.807, 2.05) is 13.8 Å². The van der Waals surface area contributed by atoms with Crippen LogP contribution in [-0.4, -0.2) is 16.8 Å². The van der Waals surface area contributed by atoms with E-state index in [1.54, 1.807) is 12.1 Å². The highest BCUT2D eigenvalue weighted by Crippen LogP contribution is 2.40. The molecule has 1 aliphatic heterocycles. The molecule has 2 heterocycles. The smallest absolute Gasteiger partial charge is 0.241 e. The SMILES string of the molecule is CCC1(CC)CC(=O)N(c2ccc(N)cn2)C1=O. The summed E-state index contributed by atoms with van der Waals surface area (Å²) in [7, 11) is 0. The summed E-state index contributed by atoms with van der Waals surface area (Å²) in [6.07, 6.45) is 3.05. The van der Waals surface area contributed by atoms with Crippen LogP contribution < -0.4 is 10.6 Å². The predicted octanol–water partition coefficient (Wildman–Crippen LogP) is 1.73. The average Bonchev–Trinajstić information content (AvgIpc) is 2.63. The van der Waals surface area contributed by atoms with Crippen molar-refractivity contribution in [2.24, 2.45) is 5.41 Å². The first-order valence-electron chi connectivity index (χ1n) is 6.13. The Bertz CT molecular complexity index is 478. The Hall–Kier alpha value is -1.91. The first kappa shape index (κ1) is 12.5. The van der Waals surface area contributed by atoms with Gasteiger partial charge in [-0.15, -0.1) is 0 Å². The highest BCUT2D eigenvalue weighted by Gasteiger charge is 2.50. The van der Waals surface area contributed by atoms with Gasteiger partial charge in [-0.1, -0.05) is 13.8 Å². The van der Waals surface area contributed by atoms with Gasteiger partial charge < -0.3 is 5.73 Å². The Morgan fingerprint density at radius 2 is 2.00 bits per heavy atom. The van der Waals surface area contributed by atoms with Gasteiger partial charge in [-0.05, 0) is 25.0 Å². The maximum atomic E-state index is 12.4. The predicted molar refractivity (Wildman–Crippen MR) is 68.8 cm³/mol. The van der Waals surface area contributed by atoms with Crippen LogP contribution in [0.3, 0.4) is 0 Å². The fourth-order valence-electron chi connectivity index (χ4n) is 2.36. The third-order valence-electron chi connectivity index (χ3n) is 3.75. The number of rotatable bonds is 3. The molecule has 0 unspecified atom stereocenters. The van der Waals surface area contributed by atoms with Crippen molar-refractivity contribution >= 4 is 23.3 Å². The minimum absolute atomic E-state index is 0.144. The monoisotopic (exact) mass is 247 g/mol. The van der Waals surface area contributed by atoms with Crippen molar-refractivity contribution in [3.05, 3.63) is 18.3 Å². The molecule has 1 aliphatic rings. The summed E-state index contributed by atoms with van der Waals surface area (Å²) < 4.78 is 0. The molecule has 1 fully saturated rings. The van der Waals surface area contributed by atoms with E-state index in [-0.39, 0.29) is 18.2 Å². The van der Waals surface area contributed by atoms with Crippen molar-refractivity contribution in [3.63, 3.8) is 0 Å². The van der Waals surface area contributed by atoms with Gasteiger partial charge in [0.05, 0.1) is 17.3 Å². The highest BCUT2D eigenvalue weighted by molar-refractivity contribution is 6.22. The second-order valence-electron chi connectivity index (χ2n) is 4.65. The van der Waals surface area contributed by atoms with E-state index in [9.17, 15) is 9.59 Å². The molecule has 5 nitrogen and oxygen atoms in total. The molecule has 0 atom stereocenters. The van der Waals surface area contributed by atoms with Gasteiger partial charge in [-0.25, -0.2) is 9.88 Å². The Morgan fingerprint density at radius 3 is 2.44 bits per heavy atom. The summed E-state index contributed by atoms with van der Waals surface area (Å²) in [4.78, 5) is 29.7. The molecule has 96 valence electrons. The second-order valence-corrected chi connectivity index (χ2v) is 4.65. The lowest BCUT2D eigenvalue weighted by Gasteiger charge is -2.23. The quantitative estimate of drug-likeness (QED) is 0.825. The lowest BCUT2D eigenvalue weighted by atomic mass is 9.81. The number of hydrogen-bond donors (Lipinski definition) is 1. The molecule has 2 N–H and O–H groups in total. The second kappa shape index (κ2) is 4.40. The summed E-state index contributed by atoms with van der Waals surface area (Å²) >= 11 is 0. The lowest BCUT2D eigenvalue weighted by molar-refractivity contribution is -0.126. The number of nitrogens with two attached hydrogens (primary N) is 1. The van der Waals surface area contributed by atoms with Crippen molar-refractivity contribution in [2.75, 3.05) is 10.6 Å². The topological polar surface area (TPSA) is 76.3 Å². The Morgan fingerprint density at radius 1 is 1.33 bits per heavy atom. The fraction of sp³-hybridized carbons (Fsp3) is 0.462. The maximum Gasteiger partial charge on any atom is 0.241 e. The molecular weight excluding hydrogens is 230 g/mol. The van der Waals surface area contributed by atoms with E-state index in [0.717, 1.165) is 0 Å². The minimum Gasteiger partial charge on any atom is -0.397 e. The molecule has 0 spiro atoms. The number of pyridine rings is 1. The molecule has 5 heteroatoms. The van der Waals surface area contributed by atoms with E-state index in [4.69, 9.17) is 5.73 Å². The van der Waals surface area contributed by atoms with Crippen molar-refractivity contribution in [1.29, 1.82) is 0 Å². The van der Waals surface area contributed by atoms with E-state index in [1.165, 1.54) is 11.1 Å². The molecule has 1 saturated heterocycles. The largest absolute Gasteiger partial charge is 0.397 e. The van der Waals surface area contributed by atoms with Gasteiger partial charge in [0.15, 0.2) is 0 Å². The Labute approximate surface area is 106 Å². The summed E-state index contributed by atoms with van der Waals surface area (Å²) in [6.45, 7) is 3.88. The van der Waals surface area contributed by atoms with Gasteiger partial charge >= 0.3 is 0 Å². The van der Waals surface area contributed by atoms with E-state index >= 15 is 0 Å². The number of aromatic nitrogens is 1. The number of amides is 2. The Kier molecular flexibility index (Phi) is 3.07. The Balaban J connectivity index is 2.38. The molecule has 0 saturated carbocycles. The van der Waals surface area contributed by atoms with Crippen molar-refractivity contribution in [1.82, 2.24) is 4.98 Å². The summed E-state index contributed by atoms with van der Waals surface area (Å²) in [5.41, 5.74) is 5.50. The van der Waals surface area contributed by atoms with Crippen LogP contribution in [0.15, 0.2) is 18.3 Å². The number of nitrogens with zero attached hydrogens (tertiary/aromatic N) is 2. The van der Waals surface area contributed by atoms with Crippen molar-refractivity contribution in [2.45, 2.75) is 33.1 Å². The third-order valence-corrected chi connectivity index (χ3v) is 3.75. The zero-order valence-corrected chi connectivity index (χ0v) is 10.6. The molecule has 2 amide bonds. The number of nitrogen functional groups attached to an aromatic ring is 1. The average molecular weight is 247 g/mol. The van der Waals surface area contributed by atoms with Crippen LogP contribution in [0, 0.1) is 5.41 Å². The van der Waals surface area contributed by atoms with E-state index in [0.29, 0.717) is 24.3 Å². The van der Waals surface area contributed by atoms with Gasteiger partial charge in [0.2, 0.25) is 11.8 Å². The van der Waals surface area contributed by atoms with Crippen LogP contribution in [0.5, 0.6) is 0 Å². The van der Waals surface area contributed by atoms with Crippen molar-refractivity contribution < 1.29 is 9.59 Å². The van der Waals surface area contributed by atoms with Crippen LogP contribution >= 0.6 is 0 Å². The first-order valence-corrected chi connectivity index (χ1v) is 6.13. The van der Waals surface area contributed by atoms with Crippen molar-refractivity contribution in [3.8, 4) is 0 Å². The summed E-state index contributed by atoms with van der Waals surface area (Å²) in [5.74, 6) is 0.0405. The minimum atomic E-state index is -0.555. The number of hydrogen-bond acceptors (Lipinski definition) is 4. The van der Waals surface area contributed by atoms with Crippen LogP contribution in [0.25, 0.3) is 0 Å². The van der Waals surface area contributed by atoms with Gasteiger partial charge in [0, 0.05) is 6.42 Å². The van der Waals surface area contributed by atoms with Gasteiger partial charge in [0.25, 0.3) is 0 Å². The third kappa shape index (κ3) is 1.75. The molecule has 0 radical (unpaired) electrons. The number of imide groups is 1. The lowest BCUT2D eigenvalue weighted by Crippen LogP contribution is -2.35. The standard InChI is InChI=1S/C13H17N3O2/c1-3-13(4-2)7-11(17)16(12(13)18)10-6-5-9(14)8-15-10/h5-6,8H,3-4,7,14H2,1-2H3. The summed E-state index contributed by atoms with van der Waals surface area (Å²) in [6, 6.07) is 3.24. The molecule has 18 heavy (non-hydrogen) atoms. The molecule has 1 aromatic rings. The maximum absolute atomic E-state index is 12.4. The normalized spacial score (nSPS) is 18.4. The molecule has 0 aliphatic carbocycles. The van der Waals surface area contributed by atoms with Gasteiger partial charge in [-0.3, -0.25) is 9.59 Å². The number of carbonyl (C=O) groups is 2. The zero-order chi connectivity index (χ0) is 13.3.